The normalized spacial score (nSPS) is 18.0. The molecule has 1 fully saturated rings. The van der Waals surface area contributed by atoms with Gasteiger partial charge in [0.1, 0.15) is 0 Å². The number of amides is 2. The van der Waals surface area contributed by atoms with Crippen LogP contribution in [0.5, 0.6) is 0 Å². The fourth-order valence-electron chi connectivity index (χ4n) is 2.34. The van der Waals surface area contributed by atoms with E-state index in [9.17, 15) is 9.59 Å². The number of aromatic carboxylic acids is 1. The van der Waals surface area contributed by atoms with Gasteiger partial charge >= 0.3 is 12.0 Å². The molecule has 2 amide bonds. The van der Waals surface area contributed by atoms with Gasteiger partial charge in [0.25, 0.3) is 0 Å². The number of nitrogens with zero attached hydrogens (tertiary/aromatic N) is 1. The van der Waals surface area contributed by atoms with E-state index >= 15 is 0 Å². The van der Waals surface area contributed by atoms with Crippen LogP contribution in [0.25, 0.3) is 0 Å². The van der Waals surface area contributed by atoms with Crippen molar-refractivity contribution in [2.45, 2.75) is 24.5 Å². The Balaban J connectivity index is 1.97. The van der Waals surface area contributed by atoms with Crippen LogP contribution in [0.15, 0.2) is 24.3 Å². The summed E-state index contributed by atoms with van der Waals surface area (Å²) in [5, 5.41) is 12.5. The molecule has 1 aliphatic heterocycles. The summed E-state index contributed by atoms with van der Waals surface area (Å²) in [5.41, 5.74) is 0.529. The minimum atomic E-state index is -1.03. The molecule has 5 nitrogen and oxygen atoms in total. The highest BCUT2D eigenvalue weighted by Gasteiger charge is 2.19. The first-order valence-electron chi connectivity index (χ1n) is 7.05. The van der Waals surface area contributed by atoms with E-state index in [0.717, 1.165) is 12.2 Å². The summed E-state index contributed by atoms with van der Waals surface area (Å²) in [6.45, 7) is 0.628. The fourth-order valence-corrected chi connectivity index (χ4v) is 3.58. The molecule has 0 saturated carbocycles. The molecule has 0 aliphatic carbocycles. The van der Waals surface area contributed by atoms with Gasteiger partial charge in [0.2, 0.25) is 0 Å². The van der Waals surface area contributed by atoms with Gasteiger partial charge in [-0.3, -0.25) is 4.90 Å². The van der Waals surface area contributed by atoms with Crippen molar-refractivity contribution in [1.82, 2.24) is 5.32 Å². The van der Waals surface area contributed by atoms with Crippen LogP contribution in [0.4, 0.5) is 10.5 Å². The van der Waals surface area contributed by atoms with E-state index in [-0.39, 0.29) is 11.6 Å². The number of benzene rings is 1. The number of para-hydroxylation sites is 1. The lowest BCUT2D eigenvalue weighted by molar-refractivity contribution is 0.0697. The van der Waals surface area contributed by atoms with Crippen LogP contribution in [0.3, 0.4) is 0 Å². The molecule has 1 unspecified atom stereocenters. The number of anilines is 1. The van der Waals surface area contributed by atoms with E-state index < -0.39 is 5.97 Å². The molecule has 0 bridgehead atoms. The Kier molecular flexibility index (Phi) is 5.50. The van der Waals surface area contributed by atoms with Crippen LogP contribution in [-0.2, 0) is 0 Å². The number of carbonyl (C=O) groups is 2. The monoisotopic (exact) mass is 308 g/mol. The molecule has 21 heavy (non-hydrogen) atoms. The van der Waals surface area contributed by atoms with Crippen LogP contribution in [0.1, 0.15) is 29.6 Å². The highest BCUT2D eigenvalue weighted by Crippen LogP contribution is 2.24. The first kappa shape index (κ1) is 15.7. The highest BCUT2D eigenvalue weighted by atomic mass is 32.2. The Morgan fingerprint density at radius 2 is 2.14 bits per heavy atom. The van der Waals surface area contributed by atoms with Crippen molar-refractivity contribution in [2.75, 3.05) is 24.2 Å². The van der Waals surface area contributed by atoms with Gasteiger partial charge in [0, 0.05) is 18.8 Å². The number of rotatable bonds is 4. The van der Waals surface area contributed by atoms with Gasteiger partial charge in [0.15, 0.2) is 0 Å². The van der Waals surface area contributed by atoms with Crippen LogP contribution < -0.4 is 10.2 Å². The van der Waals surface area contributed by atoms with Crippen LogP contribution >= 0.6 is 11.8 Å². The van der Waals surface area contributed by atoms with Gasteiger partial charge in [-0.1, -0.05) is 18.6 Å². The second-order valence-electron chi connectivity index (χ2n) is 5.06. The number of nitrogens with one attached hydrogen (secondary N) is 1. The average molecular weight is 308 g/mol. The van der Waals surface area contributed by atoms with Gasteiger partial charge < -0.3 is 10.4 Å². The molecule has 114 valence electrons. The second kappa shape index (κ2) is 7.36. The molecule has 2 N–H and O–H groups in total. The molecular formula is C15H20N2O3S. The maximum absolute atomic E-state index is 12.2. The summed E-state index contributed by atoms with van der Waals surface area (Å²) in [6, 6.07) is 6.24. The summed E-state index contributed by atoms with van der Waals surface area (Å²) in [6.07, 6.45) is 3.59. The number of hydrogen-bond donors (Lipinski definition) is 2. The number of urea groups is 1. The molecule has 2 rings (SSSR count). The molecule has 1 aliphatic rings. The third kappa shape index (κ3) is 4.14. The van der Waals surface area contributed by atoms with Gasteiger partial charge in [-0.05, 0) is 30.7 Å². The molecule has 1 saturated heterocycles. The SMILES string of the molecule is CN(C(=O)NCC1CCCCS1)c1ccccc1C(=O)O. The average Bonchev–Trinajstić information content (AvgIpc) is 2.52. The molecule has 6 heteroatoms. The van der Waals surface area contributed by atoms with Crippen molar-refractivity contribution < 1.29 is 14.7 Å². The van der Waals surface area contributed by atoms with Crippen molar-refractivity contribution in [3.63, 3.8) is 0 Å². The predicted octanol–water partition coefficient (Wildman–Crippen LogP) is 2.82. The number of carboxylic acids is 1. The van der Waals surface area contributed by atoms with E-state index in [4.69, 9.17) is 5.11 Å². The zero-order valence-electron chi connectivity index (χ0n) is 12.0. The number of thioether (sulfide) groups is 1. The summed E-state index contributed by atoms with van der Waals surface area (Å²) in [5.74, 6) is 0.117. The van der Waals surface area contributed by atoms with Gasteiger partial charge in [-0.2, -0.15) is 11.8 Å². The molecule has 0 spiro atoms. The fraction of sp³-hybridized carbons (Fsp3) is 0.467. The van der Waals surface area contributed by atoms with Crippen LogP contribution in [0, 0.1) is 0 Å². The molecule has 1 heterocycles. The Hall–Kier alpha value is -1.69. The smallest absolute Gasteiger partial charge is 0.337 e. The third-order valence-electron chi connectivity index (χ3n) is 3.56. The quantitative estimate of drug-likeness (QED) is 0.897. The number of carbonyl (C=O) groups excluding carboxylic acids is 1. The van der Waals surface area contributed by atoms with Crippen molar-refractivity contribution in [3.8, 4) is 0 Å². The maximum Gasteiger partial charge on any atom is 0.337 e. The van der Waals surface area contributed by atoms with Crippen molar-refractivity contribution >= 4 is 29.4 Å². The number of carboxylic acid groups (broad SMARTS) is 1. The largest absolute Gasteiger partial charge is 0.478 e. The minimum Gasteiger partial charge on any atom is -0.478 e. The lowest BCUT2D eigenvalue weighted by atomic mass is 10.1. The predicted molar refractivity (Wildman–Crippen MR) is 85.3 cm³/mol. The topological polar surface area (TPSA) is 69.6 Å². The lowest BCUT2D eigenvalue weighted by Crippen LogP contribution is -2.41. The van der Waals surface area contributed by atoms with E-state index in [1.807, 2.05) is 11.8 Å². The Morgan fingerprint density at radius 1 is 1.38 bits per heavy atom. The van der Waals surface area contributed by atoms with Gasteiger partial charge in [0.05, 0.1) is 11.3 Å². The Bertz CT molecular complexity index is 515. The van der Waals surface area contributed by atoms with E-state index in [1.54, 1.807) is 25.2 Å². The Labute approximate surface area is 128 Å². The second-order valence-corrected chi connectivity index (χ2v) is 6.46. The summed E-state index contributed by atoms with van der Waals surface area (Å²) in [4.78, 5) is 24.7. The first-order chi connectivity index (χ1) is 10.1. The molecule has 1 aromatic rings. The first-order valence-corrected chi connectivity index (χ1v) is 8.10. The Morgan fingerprint density at radius 3 is 2.81 bits per heavy atom. The lowest BCUT2D eigenvalue weighted by Gasteiger charge is -2.24. The highest BCUT2D eigenvalue weighted by molar-refractivity contribution is 7.99. The maximum atomic E-state index is 12.2. The van der Waals surface area contributed by atoms with Crippen LogP contribution in [0.2, 0.25) is 0 Å². The molecule has 0 aromatic heterocycles. The summed E-state index contributed by atoms with van der Waals surface area (Å²) >= 11 is 1.89. The zero-order valence-corrected chi connectivity index (χ0v) is 12.9. The summed E-state index contributed by atoms with van der Waals surface area (Å²) in [7, 11) is 1.59. The van der Waals surface area contributed by atoms with E-state index in [1.165, 1.54) is 23.8 Å². The van der Waals surface area contributed by atoms with Crippen molar-refractivity contribution in [1.29, 1.82) is 0 Å². The standard InChI is InChI=1S/C15H20N2O3S/c1-17(13-8-3-2-7-12(13)14(18)19)15(20)16-10-11-6-4-5-9-21-11/h2-3,7-8,11H,4-6,9-10H2,1H3,(H,16,20)(H,18,19). The summed E-state index contributed by atoms with van der Waals surface area (Å²) < 4.78 is 0. The van der Waals surface area contributed by atoms with Gasteiger partial charge in [-0.15, -0.1) is 0 Å². The molecular weight excluding hydrogens is 288 g/mol. The van der Waals surface area contributed by atoms with Crippen molar-refractivity contribution in [3.05, 3.63) is 29.8 Å². The van der Waals surface area contributed by atoms with Gasteiger partial charge in [-0.25, -0.2) is 9.59 Å². The van der Waals surface area contributed by atoms with Crippen molar-refractivity contribution in [2.24, 2.45) is 0 Å². The number of hydrogen-bond acceptors (Lipinski definition) is 3. The molecule has 1 atom stereocenters. The van der Waals surface area contributed by atoms with E-state index in [2.05, 4.69) is 5.32 Å². The van der Waals surface area contributed by atoms with Crippen LogP contribution in [-0.4, -0.2) is 41.7 Å². The van der Waals surface area contributed by atoms with E-state index in [0.29, 0.717) is 17.5 Å². The molecule has 1 aromatic carbocycles. The third-order valence-corrected chi connectivity index (χ3v) is 4.95. The molecule has 0 radical (unpaired) electrons. The zero-order chi connectivity index (χ0) is 15.2. The minimum absolute atomic E-state index is 0.127.